The average molecular weight is 136 g/mol. The molecule has 0 aromatic carbocycles. The molecule has 3 rings (SSSR count). The van der Waals surface area contributed by atoms with Gasteiger partial charge in [-0.15, -0.1) is 0 Å². The Morgan fingerprint density at radius 2 is 2.40 bits per heavy atom. The maximum absolute atomic E-state index is 5.28. The molecular formula is C8H8O2. The highest BCUT2D eigenvalue weighted by Gasteiger charge is 2.40. The first-order chi connectivity index (χ1) is 4.95. The fourth-order valence-electron chi connectivity index (χ4n) is 1.44. The molecule has 1 fully saturated rings. The van der Waals surface area contributed by atoms with Crippen LogP contribution in [0.25, 0.3) is 0 Å². The van der Waals surface area contributed by atoms with Gasteiger partial charge in [0.2, 0.25) is 0 Å². The molecule has 1 unspecified atom stereocenters. The standard InChI is InChI=1S/C8H8O2/c1-2-5(7-4-9-7)8-6(3-1)10-8/h2,7H,1,3-4H2. The Kier molecular flexibility index (Phi) is 0.722. The summed E-state index contributed by atoms with van der Waals surface area (Å²) in [6, 6.07) is 0. The molecule has 0 N–H and O–H groups in total. The highest BCUT2D eigenvalue weighted by atomic mass is 16.6. The Morgan fingerprint density at radius 3 is 3.20 bits per heavy atom. The molecule has 2 aliphatic heterocycles. The monoisotopic (exact) mass is 136 g/mol. The fourth-order valence-corrected chi connectivity index (χ4v) is 1.44. The van der Waals surface area contributed by atoms with E-state index in [1.165, 1.54) is 11.3 Å². The maximum Gasteiger partial charge on any atom is 0.170 e. The van der Waals surface area contributed by atoms with Crippen molar-refractivity contribution in [1.82, 2.24) is 0 Å². The first-order valence-electron chi connectivity index (χ1n) is 3.68. The van der Waals surface area contributed by atoms with Gasteiger partial charge in [0.05, 0.1) is 6.61 Å². The lowest BCUT2D eigenvalue weighted by atomic mass is 10.1. The molecule has 0 radical (unpaired) electrons. The largest absolute Gasteiger partial charge is 0.454 e. The minimum Gasteiger partial charge on any atom is -0.454 e. The summed E-state index contributed by atoms with van der Waals surface area (Å²) >= 11 is 0. The number of rotatable bonds is 1. The SMILES string of the molecule is C1=C(C2CO2)C2=C(CC1)O2. The van der Waals surface area contributed by atoms with Crippen LogP contribution in [0.2, 0.25) is 0 Å². The molecule has 0 aromatic heterocycles. The van der Waals surface area contributed by atoms with Crippen LogP contribution >= 0.6 is 0 Å². The summed E-state index contributed by atoms with van der Waals surface area (Å²) < 4.78 is 10.4. The molecule has 2 heteroatoms. The smallest absolute Gasteiger partial charge is 0.170 e. The lowest BCUT2D eigenvalue weighted by Crippen LogP contribution is -1.92. The molecule has 1 saturated heterocycles. The average Bonchev–Trinajstić information content (AvgIpc) is 2.83. The number of hydrogen-bond donors (Lipinski definition) is 0. The summed E-state index contributed by atoms with van der Waals surface area (Å²) in [5.74, 6) is 2.33. The van der Waals surface area contributed by atoms with Crippen LogP contribution in [-0.2, 0) is 9.47 Å². The van der Waals surface area contributed by atoms with Gasteiger partial charge in [-0.25, -0.2) is 0 Å². The zero-order valence-corrected chi connectivity index (χ0v) is 5.59. The lowest BCUT2D eigenvalue weighted by molar-refractivity contribution is 0.419. The van der Waals surface area contributed by atoms with Gasteiger partial charge in [0, 0.05) is 12.0 Å². The molecule has 2 nitrogen and oxygen atoms in total. The lowest BCUT2D eigenvalue weighted by Gasteiger charge is -1.95. The molecule has 3 aliphatic rings. The number of hydrogen-bond acceptors (Lipinski definition) is 2. The van der Waals surface area contributed by atoms with Gasteiger partial charge in [-0.3, -0.25) is 0 Å². The van der Waals surface area contributed by atoms with Gasteiger partial charge in [0.25, 0.3) is 0 Å². The fraction of sp³-hybridized carbons (Fsp3) is 0.500. The second-order valence-corrected chi connectivity index (χ2v) is 2.87. The van der Waals surface area contributed by atoms with Gasteiger partial charge in [0.15, 0.2) is 5.76 Å². The van der Waals surface area contributed by atoms with Crippen LogP contribution in [0.3, 0.4) is 0 Å². The van der Waals surface area contributed by atoms with E-state index >= 15 is 0 Å². The van der Waals surface area contributed by atoms with Crippen LogP contribution in [0.15, 0.2) is 23.2 Å². The predicted octanol–water partition coefficient (Wildman–Crippen LogP) is 1.35. The summed E-state index contributed by atoms with van der Waals surface area (Å²) in [6.45, 7) is 0.895. The van der Waals surface area contributed by atoms with Crippen LogP contribution < -0.4 is 0 Å². The summed E-state index contributed by atoms with van der Waals surface area (Å²) in [5, 5.41) is 0. The van der Waals surface area contributed by atoms with Crippen LogP contribution in [0, 0.1) is 0 Å². The van der Waals surface area contributed by atoms with Crippen molar-refractivity contribution in [1.29, 1.82) is 0 Å². The van der Waals surface area contributed by atoms with Crippen LogP contribution in [0.5, 0.6) is 0 Å². The van der Waals surface area contributed by atoms with E-state index in [4.69, 9.17) is 9.47 Å². The number of epoxide rings is 1. The van der Waals surface area contributed by atoms with Crippen molar-refractivity contribution in [3.63, 3.8) is 0 Å². The molecule has 2 heterocycles. The predicted molar refractivity (Wildman–Crippen MR) is 35.2 cm³/mol. The first kappa shape index (κ1) is 4.97. The van der Waals surface area contributed by atoms with E-state index in [-0.39, 0.29) is 0 Å². The van der Waals surface area contributed by atoms with Crippen LogP contribution in [0.4, 0.5) is 0 Å². The van der Waals surface area contributed by atoms with Crippen LogP contribution in [-0.4, -0.2) is 12.7 Å². The van der Waals surface area contributed by atoms with Crippen molar-refractivity contribution in [3.8, 4) is 0 Å². The second kappa shape index (κ2) is 1.45. The Morgan fingerprint density at radius 1 is 1.50 bits per heavy atom. The summed E-state index contributed by atoms with van der Waals surface area (Å²) in [6.07, 6.45) is 4.86. The Hall–Kier alpha value is -0.760. The van der Waals surface area contributed by atoms with Gasteiger partial charge in [-0.1, -0.05) is 6.08 Å². The van der Waals surface area contributed by atoms with E-state index in [2.05, 4.69) is 6.08 Å². The van der Waals surface area contributed by atoms with E-state index in [1.54, 1.807) is 0 Å². The quantitative estimate of drug-likeness (QED) is 0.508. The molecule has 52 valence electrons. The molecule has 0 aromatic rings. The van der Waals surface area contributed by atoms with Gasteiger partial charge in [-0.2, -0.15) is 0 Å². The van der Waals surface area contributed by atoms with Gasteiger partial charge < -0.3 is 9.47 Å². The van der Waals surface area contributed by atoms with Crippen molar-refractivity contribution >= 4 is 0 Å². The van der Waals surface area contributed by atoms with Crippen molar-refractivity contribution in [3.05, 3.63) is 23.2 Å². The van der Waals surface area contributed by atoms with Crippen molar-refractivity contribution in [2.45, 2.75) is 18.9 Å². The second-order valence-electron chi connectivity index (χ2n) is 2.87. The Balaban J connectivity index is 1.94. The zero-order chi connectivity index (χ0) is 6.55. The third-order valence-electron chi connectivity index (χ3n) is 2.11. The third kappa shape index (κ3) is 0.570. The highest BCUT2D eigenvalue weighted by Crippen LogP contribution is 2.44. The summed E-state index contributed by atoms with van der Waals surface area (Å²) in [4.78, 5) is 0. The van der Waals surface area contributed by atoms with E-state index in [0.29, 0.717) is 6.10 Å². The third-order valence-corrected chi connectivity index (χ3v) is 2.11. The number of allylic oxidation sites excluding steroid dienone is 2. The van der Waals surface area contributed by atoms with Crippen LogP contribution in [0.1, 0.15) is 12.8 Å². The van der Waals surface area contributed by atoms with Crippen molar-refractivity contribution in [2.75, 3.05) is 6.61 Å². The van der Waals surface area contributed by atoms with Gasteiger partial charge >= 0.3 is 0 Å². The summed E-state index contributed by atoms with van der Waals surface area (Å²) in [5.41, 5.74) is 1.31. The molecular weight excluding hydrogens is 128 g/mol. The zero-order valence-electron chi connectivity index (χ0n) is 5.59. The maximum atomic E-state index is 5.28. The summed E-state index contributed by atoms with van der Waals surface area (Å²) in [7, 11) is 0. The highest BCUT2D eigenvalue weighted by molar-refractivity contribution is 5.44. The number of ether oxygens (including phenoxy) is 2. The van der Waals surface area contributed by atoms with E-state index in [1.807, 2.05) is 0 Å². The van der Waals surface area contributed by atoms with E-state index in [9.17, 15) is 0 Å². The topological polar surface area (TPSA) is 25.1 Å². The molecule has 0 spiro atoms. The van der Waals surface area contributed by atoms with Crippen molar-refractivity contribution < 1.29 is 9.47 Å². The molecule has 0 amide bonds. The van der Waals surface area contributed by atoms with Crippen molar-refractivity contribution in [2.24, 2.45) is 0 Å². The molecule has 0 saturated carbocycles. The van der Waals surface area contributed by atoms with E-state index in [0.717, 1.165) is 25.2 Å². The minimum absolute atomic E-state index is 0.382. The Bertz CT molecular complexity index is 246. The van der Waals surface area contributed by atoms with Gasteiger partial charge in [0.1, 0.15) is 11.9 Å². The molecule has 0 bridgehead atoms. The molecule has 1 atom stereocenters. The normalized spacial score (nSPS) is 34.4. The van der Waals surface area contributed by atoms with E-state index < -0.39 is 0 Å². The van der Waals surface area contributed by atoms with Gasteiger partial charge in [-0.05, 0) is 6.42 Å². The minimum atomic E-state index is 0.382. The first-order valence-corrected chi connectivity index (χ1v) is 3.68. The Labute approximate surface area is 59.1 Å². The molecule has 10 heavy (non-hydrogen) atoms. The molecule has 1 aliphatic carbocycles.